The van der Waals surface area contributed by atoms with Crippen molar-refractivity contribution in [2.75, 3.05) is 0 Å². The second kappa shape index (κ2) is 2.85. The Kier molecular flexibility index (Phi) is 2.06. The van der Waals surface area contributed by atoms with E-state index in [0.29, 0.717) is 0 Å². The van der Waals surface area contributed by atoms with Gasteiger partial charge in [0, 0.05) is 6.21 Å². The predicted molar refractivity (Wildman–Crippen MR) is 42.3 cm³/mol. The molecular weight excluding hydrogens is 140 g/mol. The standard InChI is InChI=1S/C8H10N2O/c1-7(11)8(4-5-9)3-2-6-10-8/h2-3,6-7,11H,4H2,1H3. The molecule has 1 aliphatic heterocycles. The van der Waals surface area contributed by atoms with E-state index < -0.39 is 11.6 Å². The molecule has 0 amide bonds. The van der Waals surface area contributed by atoms with Crippen molar-refractivity contribution in [3.8, 4) is 6.07 Å². The fourth-order valence-electron chi connectivity index (χ4n) is 1.06. The third-order valence-corrected chi connectivity index (χ3v) is 1.87. The number of hydrogen-bond donors (Lipinski definition) is 1. The van der Waals surface area contributed by atoms with E-state index in [1.165, 1.54) is 0 Å². The maximum atomic E-state index is 9.32. The van der Waals surface area contributed by atoms with Crippen molar-refractivity contribution in [3.63, 3.8) is 0 Å². The molecule has 2 unspecified atom stereocenters. The van der Waals surface area contributed by atoms with Crippen LogP contribution in [-0.4, -0.2) is 23.0 Å². The molecule has 0 bridgehead atoms. The van der Waals surface area contributed by atoms with Gasteiger partial charge in [-0.1, -0.05) is 6.08 Å². The molecule has 0 saturated carbocycles. The molecule has 58 valence electrons. The van der Waals surface area contributed by atoms with Gasteiger partial charge < -0.3 is 5.11 Å². The summed E-state index contributed by atoms with van der Waals surface area (Å²) in [5, 5.41) is 17.8. The zero-order valence-corrected chi connectivity index (χ0v) is 6.36. The Bertz CT molecular complexity index is 223. The van der Waals surface area contributed by atoms with Crippen LogP contribution < -0.4 is 0 Å². The summed E-state index contributed by atoms with van der Waals surface area (Å²) in [5.41, 5.74) is -0.672. The molecule has 0 aromatic rings. The molecule has 11 heavy (non-hydrogen) atoms. The van der Waals surface area contributed by atoms with Crippen LogP contribution in [0.5, 0.6) is 0 Å². The lowest BCUT2D eigenvalue weighted by molar-refractivity contribution is 0.132. The van der Waals surface area contributed by atoms with Gasteiger partial charge in [0.1, 0.15) is 5.54 Å². The van der Waals surface area contributed by atoms with Crippen molar-refractivity contribution in [1.29, 1.82) is 5.26 Å². The Morgan fingerprint density at radius 1 is 1.82 bits per heavy atom. The van der Waals surface area contributed by atoms with E-state index >= 15 is 0 Å². The molecule has 0 fully saturated rings. The van der Waals surface area contributed by atoms with Crippen LogP contribution in [0.25, 0.3) is 0 Å². The van der Waals surface area contributed by atoms with Gasteiger partial charge in [-0.2, -0.15) is 5.26 Å². The molecule has 3 nitrogen and oxygen atoms in total. The van der Waals surface area contributed by atoms with Crippen molar-refractivity contribution in [3.05, 3.63) is 12.2 Å². The van der Waals surface area contributed by atoms with E-state index in [4.69, 9.17) is 5.26 Å². The molecule has 1 aliphatic rings. The molecule has 0 spiro atoms. The molecule has 0 saturated heterocycles. The number of nitrogens with zero attached hydrogens (tertiary/aromatic N) is 2. The highest BCUT2D eigenvalue weighted by Gasteiger charge is 2.32. The molecule has 1 rings (SSSR count). The van der Waals surface area contributed by atoms with Crippen LogP contribution in [-0.2, 0) is 0 Å². The van der Waals surface area contributed by atoms with Gasteiger partial charge in [-0.15, -0.1) is 0 Å². The number of rotatable bonds is 2. The molecular formula is C8H10N2O. The van der Waals surface area contributed by atoms with Crippen molar-refractivity contribution in [2.45, 2.75) is 25.0 Å². The highest BCUT2D eigenvalue weighted by Crippen LogP contribution is 2.24. The maximum Gasteiger partial charge on any atom is 0.117 e. The highest BCUT2D eigenvalue weighted by atomic mass is 16.3. The van der Waals surface area contributed by atoms with Gasteiger partial charge in [-0.05, 0) is 13.0 Å². The Labute approximate surface area is 65.7 Å². The summed E-state index contributed by atoms with van der Waals surface area (Å²) < 4.78 is 0. The second-order valence-corrected chi connectivity index (χ2v) is 2.64. The van der Waals surface area contributed by atoms with Gasteiger partial charge in [-0.25, -0.2) is 0 Å². The number of nitriles is 1. The molecule has 0 aromatic heterocycles. The summed E-state index contributed by atoms with van der Waals surface area (Å²) in [6, 6.07) is 2.01. The SMILES string of the molecule is CC(O)C1(CC#N)C=CC=N1. The van der Waals surface area contributed by atoms with Crippen LogP contribution >= 0.6 is 0 Å². The first-order valence-electron chi connectivity index (χ1n) is 3.49. The van der Waals surface area contributed by atoms with Crippen molar-refractivity contribution in [2.24, 2.45) is 4.99 Å². The van der Waals surface area contributed by atoms with E-state index in [1.807, 2.05) is 6.07 Å². The van der Waals surface area contributed by atoms with E-state index in [2.05, 4.69) is 4.99 Å². The fourth-order valence-corrected chi connectivity index (χ4v) is 1.06. The van der Waals surface area contributed by atoms with Crippen LogP contribution in [0, 0.1) is 11.3 Å². The first kappa shape index (κ1) is 7.96. The van der Waals surface area contributed by atoms with Gasteiger partial charge in [0.15, 0.2) is 0 Å². The third kappa shape index (κ3) is 1.31. The van der Waals surface area contributed by atoms with Gasteiger partial charge in [0.2, 0.25) is 0 Å². The molecule has 2 atom stereocenters. The van der Waals surface area contributed by atoms with Crippen LogP contribution in [0.15, 0.2) is 17.1 Å². The number of aliphatic hydroxyl groups excluding tert-OH is 1. The topological polar surface area (TPSA) is 56.4 Å². The lowest BCUT2D eigenvalue weighted by Gasteiger charge is -2.23. The van der Waals surface area contributed by atoms with Crippen LogP contribution in [0.3, 0.4) is 0 Å². The van der Waals surface area contributed by atoms with Crippen molar-refractivity contribution < 1.29 is 5.11 Å². The van der Waals surface area contributed by atoms with E-state index in [0.717, 1.165) is 0 Å². The molecule has 0 radical (unpaired) electrons. The summed E-state index contributed by atoms with van der Waals surface area (Å²) in [6.07, 6.45) is 4.77. The van der Waals surface area contributed by atoms with Gasteiger partial charge >= 0.3 is 0 Å². The predicted octanol–water partition coefficient (Wildman–Crippen LogP) is 0.660. The zero-order chi connectivity index (χ0) is 8.32. The Morgan fingerprint density at radius 3 is 2.91 bits per heavy atom. The zero-order valence-electron chi connectivity index (χ0n) is 6.36. The van der Waals surface area contributed by atoms with Crippen LogP contribution in [0.4, 0.5) is 0 Å². The molecule has 0 aromatic carbocycles. The monoisotopic (exact) mass is 150 g/mol. The Morgan fingerprint density at radius 2 is 2.55 bits per heavy atom. The van der Waals surface area contributed by atoms with E-state index in [9.17, 15) is 5.11 Å². The smallest absolute Gasteiger partial charge is 0.117 e. The normalized spacial score (nSPS) is 30.3. The summed E-state index contributed by atoms with van der Waals surface area (Å²) in [5.74, 6) is 0. The van der Waals surface area contributed by atoms with E-state index in [1.54, 1.807) is 25.3 Å². The minimum atomic E-state index is -0.672. The molecule has 3 heteroatoms. The number of hydrogen-bond acceptors (Lipinski definition) is 3. The van der Waals surface area contributed by atoms with Gasteiger partial charge in [-0.3, -0.25) is 4.99 Å². The quantitative estimate of drug-likeness (QED) is 0.628. The Hall–Kier alpha value is -1.14. The maximum absolute atomic E-state index is 9.32. The highest BCUT2D eigenvalue weighted by molar-refractivity contribution is 5.75. The lowest BCUT2D eigenvalue weighted by atomic mass is 9.92. The van der Waals surface area contributed by atoms with Gasteiger partial charge in [0.05, 0.1) is 18.6 Å². The molecule has 0 aliphatic carbocycles. The average Bonchev–Trinajstić information content (AvgIpc) is 2.38. The second-order valence-electron chi connectivity index (χ2n) is 2.64. The fraction of sp³-hybridized carbons (Fsp3) is 0.500. The lowest BCUT2D eigenvalue weighted by Crippen LogP contribution is -2.34. The minimum Gasteiger partial charge on any atom is -0.391 e. The van der Waals surface area contributed by atoms with Crippen molar-refractivity contribution >= 4 is 6.21 Å². The largest absolute Gasteiger partial charge is 0.391 e. The molecule has 1 heterocycles. The number of aliphatic imine (C=N–C) groups is 1. The summed E-state index contributed by atoms with van der Waals surface area (Å²) in [4.78, 5) is 4.05. The van der Waals surface area contributed by atoms with E-state index in [-0.39, 0.29) is 6.42 Å². The van der Waals surface area contributed by atoms with Crippen LogP contribution in [0.2, 0.25) is 0 Å². The summed E-state index contributed by atoms with van der Waals surface area (Å²) in [6.45, 7) is 1.64. The minimum absolute atomic E-state index is 0.234. The first-order chi connectivity index (χ1) is 5.21. The molecule has 1 N–H and O–H groups in total. The number of allylic oxidation sites excluding steroid dienone is 1. The van der Waals surface area contributed by atoms with Gasteiger partial charge in [0.25, 0.3) is 0 Å². The number of aliphatic hydroxyl groups is 1. The first-order valence-corrected chi connectivity index (χ1v) is 3.49. The third-order valence-electron chi connectivity index (χ3n) is 1.87. The average molecular weight is 150 g/mol. The van der Waals surface area contributed by atoms with Crippen molar-refractivity contribution in [1.82, 2.24) is 0 Å². The Balaban J connectivity index is 2.82. The summed E-state index contributed by atoms with van der Waals surface area (Å²) >= 11 is 0. The summed E-state index contributed by atoms with van der Waals surface area (Å²) in [7, 11) is 0. The van der Waals surface area contributed by atoms with Crippen LogP contribution in [0.1, 0.15) is 13.3 Å².